The number of hydrogen-bond acceptors (Lipinski definition) is 4. The summed E-state index contributed by atoms with van der Waals surface area (Å²) in [5.74, 6) is 0.663. The van der Waals surface area contributed by atoms with Crippen LogP contribution < -0.4 is 4.74 Å². The number of para-hydroxylation sites is 1. The third kappa shape index (κ3) is 4.20. The molecule has 6 heteroatoms. The Balaban J connectivity index is 1.50. The average Bonchev–Trinajstić information content (AvgIpc) is 2.72. The van der Waals surface area contributed by atoms with E-state index in [-0.39, 0.29) is 18.4 Å². The predicted molar refractivity (Wildman–Crippen MR) is 98.0 cm³/mol. The minimum Gasteiger partial charge on any atom is -0.483 e. The van der Waals surface area contributed by atoms with Gasteiger partial charge in [0, 0.05) is 38.6 Å². The summed E-state index contributed by atoms with van der Waals surface area (Å²) in [6.07, 6.45) is 4.07. The zero-order valence-electron chi connectivity index (χ0n) is 14.9. The van der Waals surface area contributed by atoms with Gasteiger partial charge in [-0.25, -0.2) is 0 Å². The molecule has 26 heavy (non-hydrogen) atoms. The lowest BCUT2D eigenvalue weighted by molar-refractivity contribution is -0.134. The fourth-order valence-electron chi connectivity index (χ4n) is 3.00. The van der Waals surface area contributed by atoms with Crippen molar-refractivity contribution in [3.05, 3.63) is 59.9 Å². The lowest BCUT2D eigenvalue weighted by Gasteiger charge is -2.34. The van der Waals surface area contributed by atoms with Crippen LogP contribution >= 0.6 is 0 Å². The van der Waals surface area contributed by atoms with Crippen LogP contribution in [-0.2, 0) is 11.2 Å². The molecule has 6 nitrogen and oxygen atoms in total. The van der Waals surface area contributed by atoms with Gasteiger partial charge in [0.05, 0.1) is 5.56 Å². The Hall–Kier alpha value is -2.89. The highest BCUT2D eigenvalue weighted by molar-refractivity contribution is 5.94. The van der Waals surface area contributed by atoms with Crippen molar-refractivity contribution in [1.29, 1.82) is 0 Å². The first-order valence-corrected chi connectivity index (χ1v) is 8.87. The number of aromatic nitrogens is 1. The Morgan fingerprint density at radius 2 is 1.77 bits per heavy atom. The topological polar surface area (TPSA) is 62.7 Å². The molecule has 0 spiro atoms. The number of carbonyl (C=O) groups is 2. The third-order valence-electron chi connectivity index (χ3n) is 4.53. The summed E-state index contributed by atoms with van der Waals surface area (Å²) < 4.78 is 5.71. The highest BCUT2D eigenvalue weighted by atomic mass is 16.5. The molecular formula is C20H23N3O3. The number of amides is 2. The molecule has 0 atom stereocenters. The quantitative estimate of drug-likeness (QED) is 0.825. The summed E-state index contributed by atoms with van der Waals surface area (Å²) in [4.78, 5) is 32.3. The molecule has 2 amide bonds. The summed E-state index contributed by atoms with van der Waals surface area (Å²) in [5.41, 5.74) is 1.67. The molecule has 0 radical (unpaired) electrons. The number of piperazine rings is 1. The molecule has 0 bridgehead atoms. The molecule has 1 aromatic carbocycles. The molecule has 1 fully saturated rings. The second-order valence-electron chi connectivity index (χ2n) is 6.16. The van der Waals surface area contributed by atoms with Crippen LogP contribution in [0.1, 0.15) is 22.8 Å². The van der Waals surface area contributed by atoms with Gasteiger partial charge in [0.25, 0.3) is 11.8 Å². The maximum atomic E-state index is 12.4. The Morgan fingerprint density at radius 1 is 1.04 bits per heavy atom. The molecule has 2 aromatic rings. The smallest absolute Gasteiger partial charge is 0.260 e. The second-order valence-corrected chi connectivity index (χ2v) is 6.16. The molecule has 1 aromatic heterocycles. The van der Waals surface area contributed by atoms with Crippen molar-refractivity contribution < 1.29 is 14.3 Å². The van der Waals surface area contributed by atoms with Crippen LogP contribution in [0.5, 0.6) is 5.75 Å². The highest BCUT2D eigenvalue weighted by Crippen LogP contribution is 2.18. The van der Waals surface area contributed by atoms with Crippen LogP contribution in [0, 0.1) is 0 Å². The van der Waals surface area contributed by atoms with E-state index in [9.17, 15) is 9.59 Å². The maximum Gasteiger partial charge on any atom is 0.260 e. The number of carbonyl (C=O) groups excluding carboxylic acids is 2. The predicted octanol–water partition coefficient (Wildman–Crippen LogP) is 2.01. The molecule has 0 unspecified atom stereocenters. The minimum absolute atomic E-state index is 0.0214. The first-order valence-electron chi connectivity index (χ1n) is 8.87. The lowest BCUT2D eigenvalue weighted by atomic mass is 10.1. The molecule has 0 aliphatic carbocycles. The first-order chi connectivity index (χ1) is 12.7. The molecule has 0 N–H and O–H groups in total. The Labute approximate surface area is 153 Å². The third-order valence-corrected chi connectivity index (χ3v) is 4.53. The minimum atomic E-state index is -0.0515. The normalized spacial score (nSPS) is 14.2. The molecular weight excluding hydrogens is 330 g/mol. The van der Waals surface area contributed by atoms with Crippen molar-refractivity contribution in [2.75, 3.05) is 32.8 Å². The fraction of sp³-hybridized carbons (Fsp3) is 0.350. The van der Waals surface area contributed by atoms with E-state index in [4.69, 9.17) is 4.74 Å². The van der Waals surface area contributed by atoms with Gasteiger partial charge >= 0.3 is 0 Å². The molecule has 1 saturated heterocycles. The van der Waals surface area contributed by atoms with E-state index in [1.54, 1.807) is 34.3 Å². The van der Waals surface area contributed by atoms with Gasteiger partial charge in [0.15, 0.2) is 6.61 Å². The lowest BCUT2D eigenvalue weighted by Crippen LogP contribution is -2.51. The monoisotopic (exact) mass is 353 g/mol. The molecule has 1 aliphatic rings. The number of ether oxygens (including phenoxy) is 1. The molecule has 1 aliphatic heterocycles. The van der Waals surface area contributed by atoms with Crippen molar-refractivity contribution in [2.45, 2.75) is 13.3 Å². The van der Waals surface area contributed by atoms with Crippen LogP contribution in [0.4, 0.5) is 0 Å². The summed E-state index contributed by atoms with van der Waals surface area (Å²) in [6.45, 7) is 4.15. The zero-order valence-corrected chi connectivity index (χ0v) is 14.9. The fourth-order valence-corrected chi connectivity index (χ4v) is 3.00. The zero-order chi connectivity index (χ0) is 18.4. The van der Waals surface area contributed by atoms with Crippen molar-refractivity contribution in [3.8, 4) is 5.75 Å². The van der Waals surface area contributed by atoms with Gasteiger partial charge in [0.2, 0.25) is 0 Å². The highest BCUT2D eigenvalue weighted by Gasteiger charge is 2.25. The van der Waals surface area contributed by atoms with E-state index in [0.29, 0.717) is 31.7 Å². The van der Waals surface area contributed by atoms with Crippen LogP contribution in [0.2, 0.25) is 0 Å². The van der Waals surface area contributed by atoms with Crippen LogP contribution in [-0.4, -0.2) is 59.4 Å². The van der Waals surface area contributed by atoms with Gasteiger partial charge in [-0.3, -0.25) is 14.6 Å². The van der Waals surface area contributed by atoms with Crippen molar-refractivity contribution in [3.63, 3.8) is 0 Å². The van der Waals surface area contributed by atoms with E-state index in [1.807, 2.05) is 24.3 Å². The Morgan fingerprint density at radius 3 is 2.46 bits per heavy atom. The summed E-state index contributed by atoms with van der Waals surface area (Å²) in [7, 11) is 0. The Bertz CT molecular complexity index is 756. The number of aryl methyl sites for hydroxylation is 1. The Kier molecular flexibility index (Phi) is 5.84. The summed E-state index contributed by atoms with van der Waals surface area (Å²) in [6, 6.07) is 11.3. The van der Waals surface area contributed by atoms with Gasteiger partial charge in [-0.05, 0) is 30.2 Å². The van der Waals surface area contributed by atoms with Crippen LogP contribution in [0.3, 0.4) is 0 Å². The summed E-state index contributed by atoms with van der Waals surface area (Å²) in [5, 5.41) is 0. The van der Waals surface area contributed by atoms with E-state index in [2.05, 4.69) is 11.9 Å². The van der Waals surface area contributed by atoms with Crippen LogP contribution in [0.15, 0.2) is 48.8 Å². The second kappa shape index (κ2) is 8.47. The maximum absolute atomic E-state index is 12.4. The molecule has 136 valence electrons. The van der Waals surface area contributed by atoms with Crippen LogP contribution in [0.25, 0.3) is 0 Å². The molecule has 0 saturated carbocycles. The van der Waals surface area contributed by atoms with Gasteiger partial charge < -0.3 is 14.5 Å². The average molecular weight is 353 g/mol. The number of rotatable bonds is 5. The standard InChI is InChI=1S/C20H23N3O3/c1-2-16-6-3-4-8-18(16)26-15-19(24)22-10-12-23(13-11-22)20(25)17-7-5-9-21-14-17/h3-9,14H,2,10-13,15H2,1H3. The van der Waals surface area contributed by atoms with Gasteiger partial charge in [-0.2, -0.15) is 0 Å². The van der Waals surface area contributed by atoms with E-state index < -0.39 is 0 Å². The molecule has 2 heterocycles. The first kappa shape index (κ1) is 17.9. The number of pyridine rings is 1. The number of benzene rings is 1. The van der Waals surface area contributed by atoms with E-state index in [1.165, 1.54) is 0 Å². The van der Waals surface area contributed by atoms with Crippen molar-refractivity contribution in [2.24, 2.45) is 0 Å². The number of hydrogen-bond donors (Lipinski definition) is 0. The van der Waals surface area contributed by atoms with Crippen molar-refractivity contribution in [1.82, 2.24) is 14.8 Å². The summed E-state index contributed by atoms with van der Waals surface area (Å²) >= 11 is 0. The van der Waals surface area contributed by atoms with E-state index >= 15 is 0 Å². The SMILES string of the molecule is CCc1ccccc1OCC(=O)N1CCN(C(=O)c2cccnc2)CC1. The van der Waals surface area contributed by atoms with Gasteiger partial charge in [-0.1, -0.05) is 25.1 Å². The number of nitrogens with zero attached hydrogens (tertiary/aromatic N) is 3. The van der Waals surface area contributed by atoms with Gasteiger partial charge in [0.1, 0.15) is 5.75 Å². The van der Waals surface area contributed by atoms with Crippen molar-refractivity contribution >= 4 is 11.8 Å². The molecule has 3 rings (SSSR count). The largest absolute Gasteiger partial charge is 0.483 e. The van der Waals surface area contributed by atoms with Gasteiger partial charge in [-0.15, -0.1) is 0 Å². The van der Waals surface area contributed by atoms with E-state index in [0.717, 1.165) is 17.7 Å².